The summed E-state index contributed by atoms with van der Waals surface area (Å²) in [5, 5.41) is 9.03. The highest BCUT2D eigenvalue weighted by Gasteiger charge is 2.21. The fourth-order valence-corrected chi connectivity index (χ4v) is 3.67. The molecule has 142 valence electrons. The monoisotopic (exact) mass is 416 g/mol. The third kappa shape index (κ3) is 4.52. The van der Waals surface area contributed by atoms with Crippen molar-refractivity contribution in [1.82, 2.24) is 20.0 Å². The van der Waals surface area contributed by atoms with E-state index in [4.69, 9.17) is 23.2 Å². The van der Waals surface area contributed by atoms with Crippen molar-refractivity contribution < 1.29 is 4.79 Å². The van der Waals surface area contributed by atoms with Gasteiger partial charge in [0.2, 0.25) is 5.91 Å². The summed E-state index contributed by atoms with van der Waals surface area (Å²) >= 11 is 12.3. The van der Waals surface area contributed by atoms with Crippen LogP contribution in [0.2, 0.25) is 10.0 Å². The number of aryl methyl sites for hydroxylation is 1. The van der Waals surface area contributed by atoms with Crippen molar-refractivity contribution in [1.29, 1.82) is 0 Å². The highest BCUT2D eigenvalue weighted by Crippen LogP contribution is 2.27. The van der Waals surface area contributed by atoms with E-state index in [9.17, 15) is 4.79 Å². The van der Waals surface area contributed by atoms with E-state index in [1.165, 1.54) is 0 Å². The topological polar surface area (TPSA) is 50.2 Å². The summed E-state index contributed by atoms with van der Waals surface area (Å²) < 4.78 is 1.79. The van der Waals surface area contributed by atoms with Crippen molar-refractivity contribution in [2.24, 2.45) is 0 Å². The number of aromatic nitrogens is 2. The average Bonchev–Trinajstić information content (AvgIpc) is 2.77. The number of carbonyl (C=O) groups is 1. The van der Waals surface area contributed by atoms with E-state index in [0.717, 1.165) is 55.2 Å². The van der Waals surface area contributed by atoms with Crippen molar-refractivity contribution in [2.45, 2.75) is 26.7 Å². The largest absolute Gasteiger partial charge is 0.341 e. The Hall–Kier alpha value is -1.27. The Morgan fingerprint density at radius 1 is 1.23 bits per heavy atom. The van der Waals surface area contributed by atoms with E-state index in [0.29, 0.717) is 16.5 Å². The van der Waals surface area contributed by atoms with Gasteiger partial charge in [0.05, 0.1) is 22.8 Å². The molecule has 0 bridgehead atoms. The summed E-state index contributed by atoms with van der Waals surface area (Å²) in [5.74, 6) is 0.150. The Balaban J connectivity index is 0.00000243. The van der Waals surface area contributed by atoms with Gasteiger partial charge in [-0.1, -0.05) is 23.2 Å². The zero-order valence-corrected chi connectivity index (χ0v) is 17.2. The molecule has 1 aromatic carbocycles. The average molecular weight is 418 g/mol. The second-order valence-corrected chi connectivity index (χ2v) is 7.16. The van der Waals surface area contributed by atoms with Gasteiger partial charge in [0.15, 0.2) is 0 Å². The molecule has 1 fully saturated rings. The molecule has 8 heteroatoms. The molecule has 0 atom stereocenters. The molecule has 2 aromatic rings. The first kappa shape index (κ1) is 21.0. The minimum atomic E-state index is 0. The van der Waals surface area contributed by atoms with Gasteiger partial charge in [-0.3, -0.25) is 4.79 Å². The molecule has 1 saturated heterocycles. The summed E-state index contributed by atoms with van der Waals surface area (Å²) in [6, 6.07) is 5.33. The molecule has 0 unspecified atom stereocenters. The minimum Gasteiger partial charge on any atom is -0.341 e. The number of benzene rings is 1. The van der Waals surface area contributed by atoms with Crippen molar-refractivity contribution in [3.63, 3.8) is 0 Å². The van der Waals surface area contributed by atoms with Crippen LogP contribution in [-0.2, 0) is 11.2 Å². The lowest BCUT2D eigenvalue weighted by atomic mass is 10.1. The van der Waals surface area contributed by atoms with Gasteiger partial charge in [-0.25, -0.2) is 4.68 Å². The zero-order valence-electron chi connectivity index (χ0n) is 14.9. The first-order valence-electron chi connectivity index (χ1n) is 8.46. The fourth-order valence-electron chi connectivity index (χ4n) is 3.18. The van der Waals surface area contributed by atoms with Crippen LogP contribution in [0.3, 0.4) is 0 Å². The number of rotatable bonds is 3. The quantitative estimate of drug-likeness (QED) is 0.830. The Morgan fingerprint density at radius 2 is 2.00 bits per heavy atom. The Kier molecular flexibility index (Phi) is 7.35. The van der Waals surface area contributed by atoms with E-state index in [1.54, 1.807) is 16.8 Å². The molecule has 1 amide bonds. The molecule has 3 rings (SSSR count). The zero-order chi connectivity index (χ0) is 18.0. The van der Waals surface area contributed by atoms with E-state index < -0.39 is 0 Å². The minimum absolute atomic E-state index is 0. The molecule has 2 heterocycles. The molecule has 1 aliphatic rings. The van der Waals surface area contributed by atoms with E-state index >= 15 is 0 Å². The van der Waals surface area contributed by atoms with Crippen molar-refractivity contribution in [3.05, 3.63) is 45.2 Å². The van der Waals surface area contributed by atoms with Gasteiger partial charge in [-0.2, -0.15) is 5.10 Å². The van der Waals surface area contributed by atoms with Crippen LogP contribution in [0.5, 0.6) is 0 Å². The van der Waals surface area contributed by atoms with Crippen LogP contribution in [0.4, 0.5) is 0 Å². The first-order chi connectivity index (χ1) is 12.0. The van der Waals surface area contributed by atoms with Crippen molar-refractivity contribution >= 4 is 41.5 Å². The Morgan fingerprint density at radius 3 is 2.73 bits per heavy atom. The fraction of sp³-hybridized carbons (Fsp3) is 0.444. The third-order valence-corrected chi connectivity index (χ3v) is 5.14. The predicted molar refractivity (Wildman–Crippen MR) is 108 cm³/mol. The summed E-state index contributed by atoms with van der Waals surface area (Å²) in [4.78, 5) is 14.6. The lowest BCUT2D eigenvalue weighted by Crippen LogP contribution is -2.35. The van der Waals surface area contributed by atoms with Crippen molar-refractivity contribution in [2.75, 3.05) is 26.2 Å². The summed E-state index contributed by atoms with van der Waals surface area (Å²) in [7, 11) is 0. The van der Waals surface area contributed by atoms with Gasteiger partial charge in [-0.15, -0.1) is 12.4 Å². The van der Waals surface area contributed by atoms with Crippen LogP contribution in [0.25, 0.3) is 5.69 Å². The number of halogens is 3. The molecule has 1 aromatic heterocycles. The summed E-state index contributed by atoms with van der Waals surface area (Å²) in [5.41, 5.74) is 3.52. The van der Waals surface area contributed by atoms with E-state index in [2.05, 4.69) is 10.4 Å². The normalized spacial score (nSPS) is 14.7. The van der Waals surface area contributed by atoms with Gasteiger partial charge in [0.25, 0.3) is 0 Å². The molecular weight excluding hydrogens is 395 g/mol. The third-order valence-electron chi connectivity index (χ3n) is 4.60. The molecule has 0 saturated carbocycles. The van der Waals surface area contributed by atoms with Gasteiger partial charge < -0.3 is 10.2 Å². The van der Waals surface area contributed by atoms with E-state index in [-0.39, 0.29) is 18.3 Å². The van der Waals surface area contributed by atoms with Crippen LogP contribution in [0.15, 0.2) is 18.2 Å². The molecule has 0 spiro atoms. The SMILES string of the molecule is Cc1nn(-c2ccc(Cl)cc2Cl)c(C)c1CC(=O)N1CCCNCC1.Cl. The van der Waals surface area contributed by atoms with Crippen molar-refractivity contribution in [3.8, 4) is 5.69 Å². The van der Waals surface area contributed by atoms with Gasteiger partial charge in [0, 0.05) is 35.9 Å². The van der Waals surface area contributed by atoms with Gasteiger partial charge in [-0.05, 0) is 45.0 Å². The maximum atomic E-state index is 12.7. The van der Waals surface area contributed by atoms with Crippen LogP contribution < -0.4 is 5.32 Å². The van der Waals surface area contributed by atoms with Crippen LogP contribution in [0.1, 0.15) is 23.4 Å². The molecule has 5 nitrogen and oxygen atoms in total. The number of carbonyl (C=O) groups excluding carboxylic acids is 1. The predicted octanol–water partition coefficient (Wildman–Crippen LogP) is 3.58. The molecule has 1 aliphatic heterocycles. The Bertz CT molecular complexity index is 783. The molecule has 0 radical (unpaired) electrons. The number of amides is 1. The van der Waals surface area contributed by atoms with Crippen LogP contribution in [-0.4, -0.2) is 46.8 Å². The second kappa shape index (κ2) is 9.09. The second-order valence-electron chi connectivity index (χ2n) is 6.32. The standard InChI is InChI=1S/C18H22Cl2N4O.ClH/c1-12-15(11-18(25)23-8-3-6-21-7-9-23)13(2)24(22-12)17-5-4-14(19)10-16(17)20;/h4-5,10,21H,3,6-9,11H2,1-2H3;1H. The smallest absolute Gasteiger partial charge is 0.227 e. The van der Waals surface area contributed by atoms with Gasteiger partial charge in [0.1, 0.15) is 0 Å². The highest BCUT2D eigenvalue weighted by molar-refractivity contribution is 6.35. The maximum Gasteiger partial charge on any atom is 0.227 e. The van der Waals surface area contributed by atoms with Crippen LogP contribution >= 0.6 is 35.6 Å². The van der Waals surface area contributed by atoms with E-state index in [1.807, 2.05) is 24.8 Å². The molecular formula is C18H23Cl3N4O. The lowest BCUT2D eigenvalue weighted by Gasteiger charge is -2.20. The molecule has 0 aliphatic carbocycles. The highest BCUT2D eigenvalue weighted by atomic mass is 35.5. The first-order valence-corrected chi connectivity index (χ1v) is 9.22. The number of nitrogens with zero attached hydrogens (tertiary/aromatic N) is 3. The number of hydrogen-bond donors (Lipinski definition) is 1. The number of hydrogen-bond acceptors (Lipinski definition) is 3. The molecule has 26 heavy (non-hydrogen) atoms. The number of nitrogens with one attached hydrogen (secondary N) is 1. The molecule has 1 N–H and O–H groups in total. The van der Waals surface area contributed by atoms with Crippen LogP contribution in [0, 0.1) is 13.8 Å². The lowest BCUT2D eigenvalue weighted by molar-refractivity contribution is -0.130. The maximum absolute atomic E-state index is 12.7. The summed E-state index contributed by atoms with van der Waals surface area (Å²) in [6.07, 6.45) is 1.35. The Labute approximate surface area is 170 Å². The van der Waals surface area contributed by atoms with Gasteiger partial charge >= 0.3 is 0 Å². The summed E-state index contributed by atoms with van der Waals surface area (Å²) in [6.45, 7) is 7.28.